The second kappa shape index (κ2) is 7.42. The van der Waals surface area contributed by atoms with Gasteiger partial charge >= 0.3 is 18.6 Å². The zero-order valence-electron chi connectivity index (χ0n) is 10.8. The molecular formula is C13H14F2O5. The molecule has 0 heterocycles. The molecule has 0 spiro atoms. The number of aryl methyl sites for hydroxylation is 1. The SMILES string of the molecule is CCOC(=O)c1c(CCC(=O)O)cccc1OC(F)F. The standard InChI is InChI=1S/C13H14F2O5/c1-2-19-12(18)11-8(6-7-10(16)17)4-3-5-9(11)20-13(14)15/h3-5,13H,2,6-7H2,1H3,(H,16,17). The zero-order chi connectivity index (χ0) is 15.1. The third kappa shape index (κ3) is 4.49. The maximum Gasteiger partial charge on any atom is 0.387 e. The first-order valence-electron chi connectivity index (χ1n) is 5.91. The van der Waals surface area contributed by atoms with Gasteiger partial charge in [-0.2, -0.15) is 8.78 Å². The van der Waals surface area contributed by atoms with Crippen molar-refractivity contribution in [3.05, 3.63) is 29.3 Å². The van der Waals surface area contributed by atoms with E-state index in [2.05, 4.69) is 4.74 Å². The molecule has 5 nitrogen and oxygen atoms in total. The molecule has 1 N–H and O–H groups in total. The van der Waals surface area contributed by atoms with Crippen LogP contribution in [0.1, 0.15) is 29.3 Å². The number of carbonyl (C=O) groups excluding carboxylic acids is 1. The van der Waals surface area contributed by atoms with Crippen LogP contribution < -0.4 is 4.74 Å². The number of benzene rings is 1. The molecule has 0 radical (unpaired) electrons. The number of ether oxygens (including phenoxy) is 2. The Morgan fingerprint density at radius 3 is 2.60 bits per heavy atom. The van der Waals surface area contributed by atoms with Gasteiger partial charge in [-0.1, -0.05) is 12.1 Å². The van der Waals surface area contributed by atoms with Gasteiger partial charge in [0.25, 0.3) is 0 Å². The Morgan fingerprint density at radius 2 is 2.05 bits per heavy atom. The van der Waals surface area contributed by atoms with Gasteiger partial charge in [0.15, 0.2) is 0 Å². The number of carboxylic acid groups (broad SMARTS) is 1. The van der Waals surface area contributed by atoms with E-state index < -0.39 is 18.6 Å². The molecule has 0 aliphatic rings. The van der Waals surface area contributed by atoms with Crippen molar-refractivity contribution in [2.24, 2.45) is 0 Å². The molecule has 0 saturated carbocycles. The molecule has 20 heavy (non-hydrogen) atoms. The van der Waals surface area contributed by atoms with Crippen LogP contribution in [-0.2, 0) is 16.0 Å². The predicted molar refractivity (Wildman–Crippen MR) is 65.0 cm³/mol. The summed E-state index contributed by atoms with van der Waals surface area (Å²) in [5.41, 5.74) is 0.139. The van der Waals surface area contributed by atoms with Crippen molar-refractivity contribution in [3.63, 3.8) is 0 Å². The Balaban J connectivity index is 3.13. The first-order chi connectivity index (χ1) is 9.45. The van der Waals surface area contributed by atoms with Crippen LogP contribution in [0.15, 0.2) is 18.2 Å². The van der Waals surface area contributed by atoms with Gasteiger partial charge in [-0.25, -0.2) is 4.79 Å². The van der Waals surface area contributed by atoms with Gasteiger partial charge in [0.1, 0.15) is 11.3 Å². The van der Waals surface area contributed by atoms with Crippen molar-refractivity contribution in [2.45, 2.75) is 26.4 Å². The van der Waals surface area contributed by atoms with E-state index in [1.807, 2.05) is 0 Å². The molecule has 0 unspecified atom stereocenters. The molecule has 0 fully saturated rings. The lowest BCUT2D eigenvalue weighted by Crippen LogP contribution is -2.14. The number of hydrogen-bond donors (Lipinski definition) is 1. The summed E-state index contributed by atoms with van der Waals surface area (Å²) in [7, 11) is 0. The van der Waals surface area contributed by atoms with Crippen molar-refractivity contribution in [3.8, 4) is 5.75 Å². The fourth-order valence-corrected chi connectivity index (χ4v) is 1.66. The number of esters is 1. The van der Waals surface area contributed by atoms with Crippen molar-refractivity contribution in [1.82, 2.24) is 0 Å². The Morgan fingerprint density at radius 1 is 1.35 bits per heavy atom. The maximum absolute atomic E-state index is 12.3. The molecule has 0 bridgehead atoms. The Kier molecular flexibility index (Phi) is 5.89. The number of carbonyl (C=O) groups is 2. The van der Waals surface area contributed by atoms with Gasteiger partial charge in [0.05, 0.1) is 6.61 Å². The minimum atomic E-state index is -3.09. The summed E-state index contributed by atoms with van der Waals surface area (Å²) in [6.45, 7) is -1.44. The first-order valence-corrected chi connectivity index (χ1v) is 5.91. The quantitative estimate of drug-likeness (QED) is 0.780. The summed E-state index contributed by atoms with van der Waals surface area (Å²) in [6, 6.07) is 4.10. The van der Waals surface area contributed by atoms with Crippen molar-refractivity contribution in [1.29, 1.82) is 0 Å². The van der Waals surface area contributed by atoms with Gasteiger partial charge < -0.3 is 14.6 Å². The highest BCUT2D eigenvalue weighted by molar-refractivity contribution is 5.94. The van der Waals surface area contributed by atoms with E-state index in [0.717, 1.165) is 0 Å². The molecular weight excluding hydrogens is 274 g/mol. The highest BCUT2D eigenvalue weighted by atomic mass is 19.3. The summed E-state index contributed by atoms with van der Waals surface area (Å²) in [5, 5.41) is 8.65. The van der Waals surface area contributed by atoms with Crippen LogP contribution in [0.3, 0.4) is 0 Å². The van der Waals surface area contributed by atoms with Crippen molar-refractivity contribution in [2.75, 3.05) is 6.61 Å². The number of alkyl halides is 2. The summed E-state index contributed by atoms with van der Waals surface area (Å²) < 4.78 is 33.7. The van der Waals surface area contributed by atoms with Crippen LogP contribution in [0.4, 0.5) is 8.78 Å². The van der Waals surface area contributed by atoms with E-state index in [4.69, 9.17) is 9.84 Å². The number of halogens is 2. The van der Waals surface area contributed by atoms with Gasteiger partial charge in [0, 0.05) is 6.42 Å². The minimum Gasteiger partial charge on any atom is -0.481 e. The number of aliphatic carboxylic acids is 1. The Bertz CT molecular complexity index is 488. The third-order valence-corrected chi connectivity index (χ3v) is 2.42. The van der Waals surface area contributed by atoms with Crippen molar-refractivity contribution < 1.29 is 33.0 Å². The molecule has 0 aliphatic carbocycles. The van der Waals surface area contributed by atoms with E-state index in [0.29, 0.717) is 5.56 Å². The summed E-state index contributed by atoms with van der Waals surface area (Å²) >= 11 is 0. The van der Waals surface area contributed by atoms with Crippen LogP contribution in [0.25, 0.3) is 0 Å². The summed E-state index contributed by atoms with van der Waals surface area (Å²) in [6.07, 6.45) is -0.214. The van der Waals surface area contributed by atoms with E-state index in [9.17, 15) is 18.4 Å². The molecule has 1 aromatic rings. The zero-order valence-corrected chi connectivity index (χ0v) is 10.8. The lowest BCUT2D eigenvalue weighted by Gasteiger charge is -2.13. The molecule has 0 amide bonds. The smallest absolute Gasteiger partial charge is 0.387 e. The van der Waals surface area contributed by atoms with Gasteiger partial charge in [-0.3, -0.25) is 4.79 Å². The molecule has 110 valence electrons. The normalized spacial score (nSPS) is 10.4. The second-order valence-electron chi connectivity index (χ2n) is 3.78. The molecule has 0 saturated heterocycles. The summed E-state index contributed by atoms with van der Waals surface area (Å²) in [5.74, 6) is -2.19. The topological polar surface area (TPSA) is 72.8 Å². The van der Waals surface area contributed by atoms with Crippen molar-refractivity contribution >= 4 is 11.9 Å². The molecule has 1 rings (SSSR count). The molecule has 0 atom stereocenters. The predicted octanol–water partition coefficient (Wildman–Crippen LogP) is 2.48. The molecule has 7 heteroatoms. The van der Waals surface area contributed by atoms with Gasteiger partial charge in [-0.15, -0.1) is 0 Å². The summed E-state index contributed by atoms with van der Waals surface area (Å²) in [4.78, 5) is 22.4. The number of rotatable bonds is 7. The molecule has 0 aliphatic heterocycles. The largest absolute Gasteiger partial charge is 0.481 e. The Labute approximate surface area is 114 Å². The lowest BCUT2D eigenvalue weighted by molar-refractivity contribution is -0.137. The maximum atomic E-state index is 12.3. The highest BCUT2D eigenvalue weighted by Gasteiger charge is 2.21. The third-order valence-electron chi connectivity index (χ3n) is 2.42. The van der Waals surface area contributed by atoms with E-state index >= 15 is 0 Å². The number of hydrogen-bond acceptors (Lipinski definition) is 4. The fraction of sp³-hybridized carbons (Fsp3) is 0.385. The second-order valence-corrected chi connectivity index (χ2v) is 3.78. The van der Waals surface area contributed by atoms with Crippen LogP contribution >= 0.6 is 0 Å². The Hall–Kier alpha value is -2.18. The first kappa shape index (κ1) is 15.9. The monoisotopic (exact) mass is 288 g/mol. The van der Waals surface area contributed by atoms with E-state index in [1.165, 1.54) is 18.2 Å². The minimum absolute atomic E-state index is 0.0178. The fourth-order valence-electron chi connectivity index (χ4n) is 1.66. The van der Waals surface area contributed by atoms with E-state index in [1.54, 1.807) is 6.92 Å². The van der Waals surface area contributed by atoms with Crippen LogP contribution in [0.5, 0.6) is 5.75 Å². The molecule has 1 aromatic carbocycles. The van der Waals surface area contributed by atoms with Crippen LogP contribution in [0.2, 0.25) is 0 Å². The average molecular weight is 288 g/mol. The average Bonchev–Trinajstić information content (AvgIpc) is 2.35. The van der Waals surface area contributed by atoms with Crippen LogP contribution in [-0.4, -0.2) is 30.3 Å². The highest BCUT2D eigenvalue weighted by Crippen LogP contribution is 2.26. The number of carboxylic acids is 1. The van der Waals surface area contributed by atoms with Gasteiger partial charge in [-0.05, 0) is 25.0 Å². The van der Waals surface area contributed by atoms with E-state index in [-0.39, 0.29) is 30.8 Å². The van der Waals surface area contributed by atoms with Gasteiger partial charge in [0.2, 0.25) is 0 Å². The van der Waals surface area contributed by atoms with Crippen LogP contribution in [0, 0.1) is 0 Å². The lowest BCUT2D eigenvalue weighted by atomic mass is 10.0. The molecule has 0 aromatic heterocycles.